The zero-order chi connectivity index (χ0) is 19.2. The van der Waals surface area contributed by atoms with Crippen molar-refractivity contribution in [1.29, 1.82) is 0 Å². The van der Waals surface area contributed by atoms with Gasteiger partial charge in [0.2, 0.25) is 0 Å². The second-order valence-corrected chi connectivity index (χ2v) is 5.68. The number of ether oxygens (including phenoxy) is 2. The fourth-order valence-corrected chi connectivity index (χ4v) is 2.55. The first kappa shape index (κ1) is 18.2. The number of benzene rings is 2. The molecule has 0 saturated heterocycles. The lowest BCUT2D eigenvalue weighted by atomic mass is 10.2. The van der Waals surface area contributed by atoms with Crippen LogP contribution in [0.15, 0.2) is 65.5 Å². The molecule has 3 aromatic rings. The Hall–Kier alpha value is -3.61. The molecule has 1 amide bonds. The summed E-state index contributed by atoms with van der Waals surface area (Å²) in [5.41, 5.74) is 1.28. The van der Waals surface area contributed by atoms with Gasteiger partial charge in [0.05, 0.1) is 19.9 Å². The molecule has 0 unspecified atom stereocenters. The Balaban J connectivity index is 1.76. The summed E-state index contributed by atoms with van der Waals surface area (Å²) in [5, 5.41) is 6.95. The maximum atomic E-state index is 12.4. The van der Waals surface area contributed by atoms with E-state index in [0.29, 0.717) is 17.2 Å². The molecule has 0 spiro atoms. The van der Waals surface area contributed by atoms with Gasteiger partial charge in [0, 0.05) is 12.6 Å². The van der Waals surface area contributed by atoms with E-state index in [1.54, 1.807) is 50.6 Å². The van der Waals surface area contributed by atoms with E-state index in [1.807, 2.05) is 12.1 Å². The molecule has 3 rings (SSSR count). The summed E-state index contributed by atoms with van der Waals surface area (Å²) in [6, 6.07) is 17.1. The molecule has 7 nitrogen and oxygen atoms in total. The molecular formula is C20H19N3O4. The number of hydrogen-bond donors (Lipinski definition) is 1. The van der Waals surface area contributed by atoms with Crippen molar-refractivity contribution in [3.63, 3.8) is 0 Å². The number of aromatic nitrogens is 2. The zero-order valence-electron chi connectivity index (χ0n) is 15.0. The SMILES string of the molecule is COc1ccc(CNC(=O)c2ccc(=O)n(-c3ccccc3)n2)cc1OC. The van der Waals surface area contributed by atoms with Crippen molar-refractivity contribution in [1.82, 2.24) is 15.1 Å². The largest absolute Gasteiger partial charge is 0.493 e. The van der Waals surface area contributed by atoms with Gasteiger partial charge < -0.3 is 14.8 Å². The smallest absolute Gasteiger partial charge is 0.272 e. The molecule has 0 aliphatic carbocycles. The van der Waals surface area contributed by atoms with Gasteiger partial charge in [0.1, 0.15) is 5.69 Å². The van der Waals surface area contributed by atoms with Crippen LogP contribution in [0.2, 0.25) is 0 Å². The highest BCUT2D eigenvalue weighted by Gasteiger charge is 2.11. The summed E-state index contributed by atoms with van der Waals surface area (Å²) in [5.74, 6) is 0.818. The van der Waals surface area contributed by atoms with Gasteiger partial charge in [0.15, 0.2) is 11.5 Å². The third-order valence-electron chi connectivity index (χ3n) is 3.93. The lowest BCUT2D eigenvalue weighted by molar-refractivity contribution is 0.0944. The number of nitrogens with zero attached hydrogens (tertiary/aromatic N) is 2. The van der Waals surface area contributed by atoms with E-state index in [1.165, 1.54) is 16.8 Å². The molecular weight excluding hydrogens is 346 g/mol. The molecule has 0 aliphatic heterocycles. The van der Waals surface area contributed by atoms with E-state index in [9.17, 15) is 9.59 Å². The van der Waals surface area contributed by atoms with Crippen LogP contribution in [-0.2, 0) is 6.54 Å². The van der Waals surface area contributed by atoms with Gasteiger partial charge >= 0.3 is 0 Å². The second kappa shape index (κ2) is 8.18. The minimum atomic E-state index is -0.380. The Morgan fingerprint density at radius 3 is 2.44 bits per heavy atom. The van der Waals surface area contributed by atoms with E-state index in [-0.39, 0.29) is 23.7 Å². The van der Waals surface area contributed by atoms with Crippen LogP contribution in [-0.4, -0.2) is 29.9 Å². The summed E-state index contributed by atoms with van der Waals surface area (Å²) in [4.78, 5) is 24.5. The maximum absolute atomic E-state index is 12.4. The van der Waals surface area contributed by atoms with Crippen LogP contribution in [0.3, 0.4) is 0 Å². The highest BCUT2D eigenvalue weighted by Crippen LogP contribution is 2.27. The molecule has 1 N–H and O–H groups in total. The first-order valence-electron chi connectivity index (χ1n) is 8.27. The van der Waals surface area contributed by atoms with Crippen LogP contribution in [0.4, 0.5) is 0 Å². The van der Waals surface area contributed by atoms with Gasteiger partial charge in [-0.1, -0.05) is 24.3 Å². The molecule has 1 heterocycles. The van der Waals surface area contributed by atoms with Gasteiger partial charge in [0.25, 0.3) is 11.5 Å². The van der Waals surface area contributed by atoms with Crippen molar-refractivity contribution < 1.29 is 14.3 Å². The van der Waals surface area contributed by atoms with E-state index in [0.717, 1.165) is 5.56 Å². The molecule has 27 heavy (non-hydrogen) atoms. The Kier molecular flexibility index (Phi) is 5.51. The lowest BCUT2D eigenvalue weighted by Crippen LogP contribution is -2.28. The maximum Gasteiger partial charge on any atom is 0.272 e. The van der Waals surface area contributed by atoms with Crippen LogP contribution >= 0.6 is 0 Å². The molecule has 2 aromatic carbocycles. The first-order valence-corrected chi connectivity index (χ1v) is 8.27. The topological polar surface area (TPSA) is 82.5 Å². The average Bonchev–Trinajstić information content (AvgIpc) is 2.72. The third-order valence-corrected chi connectivity index (χ3v) is 3.93. The molecule has 138 valence electrons. The monoisotopic (exact) mass is 365 g/mol. The summed E-state index contributed by atoms with van der Waals surface area (Å²) < 4.78 is 11.7. The average molecular weight is 365 g/mol. The number of carbonyl (C=O) groups is 1. The number of para-hydroxylation sites is 1. The predicted octanol–water partition coefficient (Wildman–Crippen LogP) is 2.18. The fraction of sp³-hybridized carbons (Fsp3) is 0.150. The van der Waals surface area contributed by atoms with Crippen molar-refractivity contribution in [3.05, 3.63) is 82.3 Å². The number of nitrogens with one attached hydrogen (secondary N) is 1. The number of carbonyl (C=O) groups excluding carboxylic acids is 1. The highest BCUT2D eigenvalue weighted by atomic mass is 16.5. The number of rotatable bonds is 6. The summed E-state index contributed by atoms with van der Waals surface area (Å²) in [6.07, 6.45) is 0. The molecule has 0 bridgehead atoms. The Labute approximate surface area is 156 Å². The van der Waals surface area contributed by atoms with Crippen LogP contribution < -0.4 is 20.3 Å². The molecule has 0 fully saturated rings. The molecule has 0 atom stereocenters. The Morgan fingerprint density at radius 1 is 1.00 bits per heavy atom. The zero-order valence-corrected chi connectivity index (χ0v) is 15.0. The summed E-state index contributed by atoms with van der Waals surface area (Å²) >= 11 is 0. The van der Waals surface area contributed by atoms with Crippen molar-refractivity contribution in [2.45, 2.75) is 6.54 Å². The highest BCUT2D eigenvalue weighted by molar-refractivity contribution is 5.92. The van der Waals surface area contributed by atoms with Gasteiger partial charge in [-0.25, -0.2) is 0 Å². The van der Waals surface area contributed by atoms with Crippen LogP contribution in [0.1, 0.15) is 16.1 Å². The van der Waals surface area contributed by atoms with Crippen molar-refractivity contribution in [2.75, 3.05) is 14.2 Å². The number of amides is 1. The first-order chi connectivity index (χ1) is 13.1. The minimum Gasteiger partial charge on any atom is -0.493 e. The molecule has 0 aliphatic rings. The van der Waals surface area contributed by atoms with E-state index >= 15 is 0 Å². The van der Waals surface area contributed by atoms with Gasteiger partial charge in [-0.2, -0.15) is 9.78 Å². The molecule has 1 aromatic heterocycles. The quantitative estimate of drug-likeness (QED) is 0.724. The predicted molar refractivity (Wildman–Crippen MR) is 101 cm³/mol. The molecule has 0 radical (unpaired) electrons. The standard InChI is InChI=1S/C20H19N3O4/c1-26-17-10-8-14(12-18(17)27-2)13-21-20(25)16-9-11-19(24)23(22-16)15-6-4-3-5-7-15/h3-12H,13H2,1-2H3,(H,21,25). The minimum absolute atomic E-state index is 0.152. The third kappa shape index (κ3) is 4.14. The van der Waals surface area contributed by atoms with Gasteiger partial charge in [-0.05, 0) is 35.9 Å². The lowest BCUT2D eigenvalue weighted by Gasteiger charge is -2.11. The van der Waals surface area contributed by atoms with Crippen LogP contribution in [0.25, 0.3) is 5.69 Å². The fourth-order valence-electron chi connectivity index (χ4n) is 2.55. The van der Waals surface area contributed by atoms with E-state index in [2.05, 4.69) is 10.4 Å². The molecule has 7 heteroatoms. The van der Waals surface area contributed by atoms with Crippen LogP contribution in [0, 0.1) is 0 Å². The summed E-state index contributed by atoms with van der Waals surface area (Å²) in [7, 11) is 3.11. The number of methoxy groups -OCH3 is 2. The van der Waals surface area contributed by atoms with E-state index in [4.69, 9.17) is 9.47 Å². The summed E-state index contributed by atoms with van der Waals surface area (Å²) in [6.45, 7) is 0.283. The van der Waals surface area contributed by atoms with E-state index < -0.39 is 0 Å². The second-order valence-electron chi connectivity index (χ2n) is 5.68. The Morgan fingerprint density at radius 2 is 1.74 bits per heavy atom. The number of hydrogen-bond acceptors (Lipinski definition) is 5. The molecule has 0 saturated carbocycles. The van der Waals surface area contributed by atoms with Crippen molar-refractivity contribution in [2.24, 2.45) is 0 Å². The van der Waals surface area contributed by atoms with Gasteiger partial charge in [-0.3, -0.25) is 9.59 Å². The van der Waals surface area contributed by atoms with Gasteiger partial charge in [-0.15, -0.1) is 0 Å². The normalized spacial score (nSPS) is 10.3. The Bertz CT molecular complexity index is 1000. The van der Waals surface area contributed by atoms with Crippen molar-refractivity contribution >= 4 is 5.91 Å². The van der Waals surface area contributed by atoms with Crippen LogP contribution in [0.5, 0.6) is 11.5 Å². The van der Waals surface area contributed by atoms with Crippen molar-refractivity contribution in [3.8, 4) is 17.2 Å².